The highest BCUT2D eigenvalue weighted by atomic mass is 16.5. The molecule has 0 saturated carbocycles. The summed E-state index contributed by atoms with van der Waals surface area (Å²) in [5.41, 5.74) is 0.947. The Kier molecular flexibility index (Phi) is 3.96. The van der Waals surface area contributed by atoms with E-state index in [1.165, 1.54) is 6.07 Å². The molecule has 0 bridgehead atoms. The number of aromatic nitrogens is 3. The Hall–Kier alpha value is -3.49. The zero-order valence-electron chi connectivity index (χ0n) is 13.9. The van der Waals surface area contributed by atoms with E-state index < -0.39 is 5.91 Å². The minimum Gasteiger partial charge on any atom is -0.407 e. The van der Waals surface area contributed by atoms with Crippen molar-refractivity contribution in [3.63, 3.8) is 0 Å². The number of para-hydroxylation sites is 1. The van der Waals surface area contributed by atoms with E-state index in [9.17, 15) is 9.59 Å². The average Bonchev–Trinajstić information content (AvgIpc) is 3.36. The molecule has 1 N–H and O–H groups in total. The summed E-state index contributed by atoms with van der Waals surface area (Å²) in [7, 11) is 0. The third kappa shape index (κ3) is 3.06. The first-order chi connectivity index (χ1) is 12.6. The van der Waals surface area contributed by atoms with E-state index in [2.05, 4.69) is 20.7 Å². The number of aryl methyl sites for hydroxylation is 1. The molecule has 26 heavy (non-hydrogen) atoms. The Labute approximate surface area is 148 Å². The maximum atomic E-state index is 12.3. The predicted molar refractivity (Wildman–Crippen MR) is 89.6 cm³/mol. The van der Waals surface area contributed by atoms with E-state index in [1.54, 1.807) is 11.8 Å². The number of carbonyl (C=O) groups is 2. The van der Waals surface area contributed by atoms with Crippen molar-refractivity contribution in [2.24, 2.45) is 0 Å². The molecule has 1 saturated heterocycles. The van der Waals surface area contributed by atoms with Crippen LogP contribution in [0.15, 0.2) is 45.3 Å². The van der Waals surface area contributed by atoms with E-state index in [0.717, 1.165) is 5.69 Å². The van der Waals surface area contributed by atoms with Gasteiger partial charge in [0.25, 0.3) is 5.91 Å². The lowest BCUT2D eigenvalue weighted by atomic mass is 10.1. The largest absolute Gasteiger partial charge is 0.407 e. The van der Waals surface area contributed by atoms with Crippen LogP contribution in [0.2, 0.25) is 0 Å². The third-order valence-corrected chi connectivity index (χ3v) is 4.06. The zero-order chi connectivity index (χ0) is 18.1. The number of hydrogen-bond acceptors (Lipinski definition) is 7. The Morgan fingerprint density at radius 2 is 2.08 bits per heavy atom. The fourth-order valence-electron chi connectivity index (χ4n) is 2.82. The van der Waals surface area contributed by atoms with E-state index >= 15 is 0 Å². The van der Waals surface area contributed by atoms with Crippen molar-refractivity contribution in [2.45, 2.75) is 19.3 Å². The number of amides is 2. The second-order valence-electron chi connectivity index (χ2n) is 5.96. The summed E-state index contributed by atoms with van der Waals surface area (Å²) in [6.45, 7) is 2.13. The second-order valence-corrected chi connectivity index (χ2v) is 5.96. The number of rotatable bonds is 4. The molecular formula is C17H15N5O4. The van der Waals surface area contributed by atoms with Gasteiger partial charge in [-0.25, -0.2) is 0 Å². The second kappa shape index (κ2) is 6.43. The van der Waals surface area contributed by atoms with Crippen LogP contribution in [0.25, 0.3) is 0 Å². The summed E-state index contributed by atoms with van der Waals surface area (Å²) in [5.74, 6) is 0.0823. The molecule has 1 atom stereocenters. The molecule has 9 nitrogen and oxygen atoms in total. The SMILES string of the molecule is Cc1cc(C(=O)Nc2nnc([C@@H]3CC(=O)N(c4ccccc4)C3)o2)no1. The molecule has 1 aliphatic rings. The maximum Gasteiger partial charge on any atom is 0.322 e. The number of anilines is 2. The van der Waals surface area contributed by atoms with Crippen LogP contribution in [0.4, 0.5) is 11.7 Å². The van der Waals surface area contributed by atoms with Gasteiger partial charge in [0, 0.05) is 24.7 Å². The highest BCUT2D eigenvalue weighted by Gasteiger charge is 2.35. The van der Waals surface area contributed by atoms with Gasteiger partial charge in [-0.2, -0.15) is 0 Å². The summed E-state index contributed by atoms with van der Waals surface area (Å²) >= 11 is 0. The minimum absolute atomic E-state index is 0.0111. The van der Waals surface area contributed by atoms with Crippen molar-refractivity contribution in [1.29, 1.82) is 0 Å². The van der Waals surface area contributed by atoms with Gasteiger partial charge in [-0.05, 0) is 19.1 Å². The summed E-state index contributed by atoms with van der Waals surface area (Å²) in [4.78, 5) is 26.0. The Balaban J connectivity index is 1.45. The molecule has 9 heteroatoms. The lowest BCUT2D eigenvalue weighted by Crippen LogP contribution is -2.24. The first-order valence-corrected chi connectivity index (χ1v) is 8.03. The number of hydrogen-bond donors (Lipinski definition) is 1. The van der Waals surface area contributed by atoms with Gasteiger partial charge in [0.15, 0.2) is 5.69 Å². The standard InChI is InChI=1S/C17H15N5O4/c1-10-7-13(21-26-10)15(24)18-17-20-19-16(25-17)11-8-14(23)22(9-11)12-5-3-2-4-6-12/h2-7,11H,8-9H2,1H3,(H,18,20,24)/t11-/m1/s1. The molecule has 1 aliphatic heterocycles. The van der Waals surface area contributed by atoms with Crippen LogP contribution < -0.4 is 10.2 Å². The van der Waals surface area contributed by atoms with Crippen LogP contribution in [-0.2, 0) is 4.79 Å². The van der Waals surface area contributed by atoms with Crippen LogP contribution in [0, 0.1) is 6.92 Å². The van der Waals surface area contributed by atoms with Crippen molar-refractivity contribution in [3.8, 4) is 0 Å². The Bertz CT molecular complexity index is 949. The van der Waals surface area contributed by atoms with Crippen LogP contribution in [0.5, 0.6) is 0 Å². The maximum absolute atomic E-state index is 12.3. The molecule has 132 valence electrons. The minimum atomic E-state index is -0.509. The molecule has 3 aromatic rings. The van der Waals surface area contributed by atoms with Crippen molar-refractivity contribution in [3.05, 3.63) is 53.7 Å². The van der Waals surface area contributed by atoms with E-state index in [0.29, 0.717) is 18.2 Å². The molecule has 0 unspecified atom stereocenters. The summed E-state index contributed by atoms with van der Waals surface area (Å²) in [6.07, 6.45) is 0.271. The first kappa shape index (κ1) is 16.0. The number of nitrogens with zero attached hydrogens (tertiary/aromatic N) is 4. The number of nitrogens with one attached hydrogen (secondary N) is 1. The van der Waals surface area contributed by atoms with Gasteiger partial charge >= 0.3 is 6.01 Å². The van der Waals surface area contributed by atoms with E-state index in [1.807, 2.05) is 30.3 Å². The summed E-state index contributed by atoms with van der Waals surface area (Å²) < 4.78 is 10.4. The van der Waals surface area contributed by atoms with Crippen LogP contribution >= 0.6 is 0 Å². The van der Waals surface area contributed by atoms with Crippen LogP contribution in [-0.4, -0.2) is 33.7 Å². The zero-order valence-corrected chi connectivity index (χ0v) is 13.9. The van der Waals surface area contributed by atoms with Gasteiger partial charge in [-0.15, -0.1) is 5.10 Å². The number of benzene rings is 1. The molecule has 4 rings (SSSR count). The fraction of sp³-hybridized carbons (Fsp3) is 0.235. The molecule has 2 aromatic heterocycles. The molecule has 1 aromatic carbocycles. The van der Waals surface area contributed by atoms with Gasteiger partial charge < -0.3 is 13.8 Å². The van der Waals surface area contributed by atoms with Crippen molar-refractivity contribution in [2.75, 3.05) is 16.8 Å². The van der Waals surface area contributed by atoms with Gasteiger partial charge in [0.05, 0.1) is 5.92 Å². The molecule has 0 spiro atoms. The van der Waals surface area contributed by atoms with E-state index in [4.69, 9.17) is 8.94 Å². The Morgan fingerprint density at radius 1 is 1.27 bits per heavy atom. The normalized spacial score (nSPS) is 16.9. The third-order valence-electron chi connectivity index (χ3n) is 4.06. The van der Waals surface area contributed by atoms with E-state index in [-0.39, 0.29) is 30.0 Å². The highest BCUT2D eigenvalue weighted by Crippen LogP contribution is 2.31. The smallest absolute Gasteiger partial charge is 0.322 e. The lowest BCUT2D eigenvalue weighted by Gasteiger charge is -2.15. The molecule has 1 fully saturated rings. The molecular weight excluding hydrogens is 338 g/mol. The van der Waals surface area contributed by atoms with Gasteiger partial charge in [-0.1, -0.05) is 28.5 Å². The first-order valence-electron chi connectivity index (χ1n) is 8.03. The molecule has 0 aliphatic carbocycles. The molecule has 3 heterocycles. The monoisotopic (exact) mass is 353 g/mol. The van der Waals surface area contributed by atoms with Crippen molar-refractivity contribution in [1.82, 2.24) is 15.4 Å². The van der Waals surface area contributed by atoms with Crippen LogP contribution in [0.3, 0.4) is 0 Å². The number of carbonyl (C=O) groups excluding carboxylic acids is 2. The quantitative estimate of drug-likeness (QED) is 0.764. The summed E-state index contributed by atoms with van der Waals surface area (Å²) in [6, 6.07) is 10.9. The Morgan fingerprint density at radius 3 is 2.81 bits per heavy atom. The van der Waals surface area contributed by atoms with Gasteiger partial charge in [0.2, 0.25) is 11.8 Å². The van der Waals surface area contributed by atoms with Crippen molar-refractivity contribution < 1.29 is 18.5 Å². The van der Waals surface area contributed by atoms with Crippen molar-refractivity contribution >= 4 is 23.5 Å². The van der Waals surface area contributed by atoms with Gasteiger partial charge in [0.1, 0.15) is 5.76 Å². The lowest BCUT2D eigenvalue weighted by molar-refractivity contribution is -0.117. The predicted octanol–water partition coefficient (Wildman–Crippen LogP) is 2.14. The highest BCUT2D eigenvalue weighted by molar-refractivity contribution is 6.01. The molecule has 0 radical (unpaired) electrons. The average molecular weight is 353 g/mol. The summed E-state index contributed by atoms with van der Waals surface area (Å²) in [5, 5.41) is 13.9. The fourth-order valence-corrected chi connectivity index (χ4v) is 2.82. The topological polar surface area (TPSA) is 114 Å². The van der Waals surface area contributed by atoms with Crippen LogP contribution in [0.1, 0.15) is 34.5 Å². The molecule has 2 amide bonds. The van der Waals surface area contributed by atoms with Gasteiger partial charge in [-0.3, -0.25) is 14.9 Å².